The van der Waals surface area contributed by atoms with Gasteiger partial charge in [-0.3, -0.25) is 4.98 Å². The van der Waals surface area contributed by atoms with Crippen molar-refractivity contribution in [2.24, 2.45) is 5.92 Å². The number of benzene rings is 1. The minimum Gasteiger partial charge on any atom is -0.322 e. The maximum atomic E-state index is 4.93. The predicted molar refractivity (Wildman–Crippen MR) is 98.0 cm³/mol. The molecule has 1 atom stereocenters. The zero-order valence-corrected chi connectivity index (χ0v) is 14.4. The number of fused-ring (bicyclic) bond motifs is 1. The van der Waals surface area contributed by atoms with Gasteiger partial charge in [-0.2, -0.15) is 0 Å². The van der Waals surface area contributed by atoms with Crippen LogP contribution in [0.5, 0.6) is 0 Å². The number of hydrogen-bond acceptors (Lipinski definition) is 3. The highest BCUT2D eigenvalue weighted by Crippen LogP contribution is 2.28. The summed E-state index contributed by atoms with van der Waals surface area (Å²) in [7, 11) is 0. The molecule has 0 bridgehead atoms. The second-order valence-electron chi connectivity index (χ2n) is 6.90. The molecule has 3 aromatic rings. The van der Waals surface area contributed by atoms with E-state index in [0.717, 1.165) is 36.7 Å². The van der Waals surface area contributed by atoms with Crippen LogP contribution in [-0.2, 0) is 6.54 Å². The van der Waals surface area contributed by atoms with Crippen LogP contribution < -0.4 is 5.32 Å². The van der Waals surface area contributed by atoms with Gasteiger partial charge in [0.05, 0.1) is 11.0 Å². The third kappa shape index (κ3) is 2.82. The molecule has 124 valence electrons. The van der Waals surface area contributed by atoms with E-state index >= 15 is 0 Å². The minimum absolute atomic E-state index is 0.653. The zero-order valence-electron chi connectivity index (χ0n) is 14.4. The maximum Gasteiger partial charge on any atom is 0.159 e. The molecule has 1 aromatic carbocycles. The number of imidazole rings is 1. The molecule has 1 aliphatic heterocycles. The third-order valence-corrected chi connectivity index (χ3v) is 5.10. The quantitative estimate of drug-likeness (QED) is 0.800. The maximum absolute atomic E-state index is 4.93. The van der Waals surface area contributed by atoms with Gasteiger partial charge >= 0.3 is 0 Å². The Morgan fingerprint density at radius 2 is 2.08 bits per heavy atom. The molecule has 0 aliphatic carbocycles. The van der Waals surface area contributed by atoms with E-state index in [2.05, 4.69) is 46.9 Å². The molecule has 2 aromatic heterocycles. The summed E-state index contributed by atoms with van der Waals surface area (Å²) in [5, 5.41) is 3.53. The van der Waals surface area contributed by atoms with E-state index < -0.39 is 0 Å². The standard InChI is InChI=1S/C20H24N4/c1-14-10-18-19(11-15(14)2)24(13-16-6-5-8-21-12-16)20(23-18)17-7-3-4-9-22-17/h3-4,7,9-11,16,21H,5-6,8,12-13H2,1-2H3. The van der Waals surface area contributed by atoms with E-state index in [0.29, 0.717) is 5.92 Å². The van der Waals surface area contributed by atoms with Crippen LogP contribution in [0, 0.1) is 19.8 Å². The lowest BCUT2D eigenvalue weighted by atomic mass is 9.99. The smallest absolute Gasteiger partial charge is 0.159 e. The number of pyridine rings is 1. The van der Waals surface area contributed by atoms with Gasteiger partial charge in [0.25, 0.3) is 0 Å². The van der Waals surface area contributed by atoms with Crippen LogP contribution in [0.2, 0.25) is 0 Å². The fourth-order valence-corrected chi connectivity index (χ4v) is 3.59. The number of piperidine rings is 1. The third-order valence-electron chi connectivity index (χ3n) is 5.10. The van der Waals surface area contributed by atoms with Crippen molar-refractivity contribution in [3.63, 3.8) is 0 Å². The molecule has 0 spiro atoms. The molecule has 4 heteroatoms. The molecule has 24 heavy (non-hydrogen) atoms. The van der Waals surface area contributed by atoms with E-state index in [9.17, 15) is 0 Å². The van der Waals surface area contributed by atoms with Crippen LogP contribution in [0.25, 0.3) is 22.6 Å². The van der Waals surface area contributed by atoms with E-state index in [1.54, 1.807) is 0 Å². The lowest BCUT2D eigenvalue weighted by molar-refractivity contribution is 0.341. The second-order valence-corrected chi connectivity index (χ2v) is 6.90. The number of rotatable bonds is 3. The fraction of sp³-hybridized carbons (Fsp3) is 0.400. The van der Waals surface area contributed by atoms with Crippen molar-refractivity contribution in [2.45, 2.75) is 33.2 Å². The molecule has 1 N–H and O–H groups in total. The van der Waals surface area contributed by atoms with Crippen LogP contribution in [0.1, 0.15) is 24.0 Å². The Hall–Kier alpha value is -2.20. The summed E-state index contributed by atoms with van der Waals surface area (Å²) in [5.74, 6) is 1.64. The highest BCUT2D eigenvalue weighted by molar-refractivity contribution is 5.81. The van der Waals surface area contributed by atoms with E-state index in [1.807, 2.05) is 18.3 Å². The minimum atomic E-state index is 0.653. The molecular weight excluding hydrogens is 296 g/mol. The van der Waals surface area contributed by atoms with Crippen molar-refractivity contribution in [3.8, 4) is 11.5 Å². The SMILES string of the molecule is Cc1cc2nc(-c3ccccn3)n(CC3CCCNC3)c2cc1C. The molecule has 1 unspecified atom stereocenters. The molecule has 0 saturated carbocycles. The summed E-state index contributed by atoms with van der Waals surface area (Å²) in [6.45, 7) is 7.56. The van der Waals surface area contributed by atoms with Crippen LogP contribution in [0.3, 0.4) is 0 Å². The highest BCUT2D eigenvalue weighted by atomic mass is 15.1. The molecule has 1 fully saturated rings. The van der Waals surface area contributed by atoms with Gasteiger partial charge in [0.2, 0.25) is 0 Å². The highest BCUT2D eigenvalue weighted by Gasteiger charge is 2.19. The van der Waals surface area contributed by atoms with Crippen molar-refractivity contribution < 1.29 is 0 Å². The van der Waals surface area contributed by atoms with Crippen molar-refractivity contribution in [2.75, 3.05) is 13.1 Å². The summed E-state index contributed by atoms with van der Waals surface area (Å²) in [6, 6.07) is 10.5. The van der Waals surface area contributed by atoms with Gasteiger partial charge in [0, 0.05) is 12.7 Å². The Bertz CT molecular complexity index is 845. The first-order valence-electron chi connectivity index (χ1n) is 8.82. The van der Waals surface area contributed by atoms with Gasteiger partial charge in [-0.05, 0) is 81.1 Å². The molecule has 0 radical (unpaired) electrons. The summed E-state index contributed by atoms with van der Waals surface area (Å²) in [5.41, 5.74) is 5.86. The second kappa shape index (κ2) is 6.36. The first-order chi connectivity index (χ1) is 11.7. The number of aromatic nitrogens is 3. The first kappa shape index (κ1) is 15.3. The summed E-state index contributed by atoms with van der Waals surface area (Å²) in [4.78, 5) is 9.47. The van der Waals surface area contributed by atoms with E-state index in [4.69, 9.17) is 4.98 Å². The molecule has 3 heterocycles. The Morgan fingerprint density at radius 1 is 1.21 bits per heavy atom. The summed E-state index contributed by atoms with van der Waals surface area (Å²) in [6.07, 6.45) is 4.38. The lowest BCUT2D eigenvalue weighted by Crippen LogP contribution is -2.32. The van der Waals surface area contributed by atoms with E-state index in [1.165, 1.54) is 29.5 Å². The molecule has 1 saturated heterocycles. The van der Waals surface area contributed by atoms with Crippen molar-refractivity contribution >= 4 is 11.0 Å². The molecule has 4 nitrogen and oxygen atoms in total. The van der Waals surface area contributed by atoms with Crippen molar-refractivity contribution in [1.29, 1.82) is 0 Å². The first-order valence-corrected chi connectivity index (χ1v) is 8.82. The van der Waals surface area contributed by atoms with Gasteiger partial charge < -0.3 is 9.88 Å². The van der Waals surface area contributed by atoms with Crippen LogP contribution in [-0.4, -0.2) is 27.6 Å². The summed E-state index contributed by atoms with van der Waals surface area (Å²) < 4.78 is 2.38. The van der Waals surface area contributed by atoms with Crippen molar-refractivity contribution in [1.82, 2.24) is 19.9 Å². The Morgan fingerprint density at radius 3 is 2.83 bits per heavy atom. The summed E-state index contributed by atoms with van der Waals surface area (Å²) >= 11 is 0. The Balaban J connectivity index is 1.85. The monoisotopic (exact) mass is 320 g/mol. The lowest BCUT2D eigenvalue weighted by Gasteiger charge is -2.24. The van der Waals surface area contributed by atoms with Gasteiger partial charge in [0.1, 0.15) is 5.69 Å². The molecule has 1 aliphatic rings. The van der Waals surface area contributed by atoms with Gasteiger partial charge in [0.15, 0.2) is 5.82 Å². The van der Waals surface area contributed by atoms with Crippen LogP contribution >= 0.6 is 0 Å². The molecule has 0 amide bonds. The Kier molecular flexibility index (Phi) is 4.07. The zero-order chi connectivity index (χ0) is 16.5. The average Bonchev–Trinajstić information content (AvgIpc) is 2.95. The molecular formula is C20H24N4. The number of nitrogens with zero attached hydrogens (tertiary/aromatic N) is 3. The average molecular weight is 320 g/mol. The van der Waals surface area contributed by atoms with Gasteiger partial charge in [-0.25, -0.2) is 4.98 Å². The fourth-order valence-electron chi connectivity index (χ4n) is 3.59. The predicted octanol–water partition coefficient (Wildman–Crippen LogP) is 3.71. The topological polar surface area (TPSA) is 42.7 Å². The van der Waals surface area contributed by atoms with Crippen LogP contribution in [0.4, 0.5) is 0 Å². The van der Waals surface area contributed by atoms with Gasteiger partial charge in [-0.15, -0.1) is 0 Å². The van der Waals surface area contributed by atoms with Crippen LogP contribution in [0.15, 0.2) is 36.5 Å². The number of aryl methyl sites for hydroxylation is 2. The Labute approximate surface area is 142 Å². The largest absolute Gasteiger partial charge is 0.322 e. The number of hydrogen-bond donors (Lipinski definition) is 1. The van der Waals surface area contributed by atoms with E-state index in [-0.39, 0.29) is 0 Å². The molecule has 4 rings (SSSR count). The normalized spacial score (nSPS) is 18.2. The number of nitrogens with one attached hydrogen (secondary N) is 1. The van der Waals surface area contributed by atoms with Gasteiger partial charge in [-0.1, -0.05) is 6.07 Å². The van der Waals surface area contributed by atoms with Crippen molar-refractivity contribution in [3.05, 3.63) is 47.7 Å².